The van der Waals surface area contributed by atoms with Gasteiger partial charge in [0.1, 0.15) is 0 Å². The Balaban J connectivity index is 4.10. The van der Waals surface area contributed by atoms with Crippen LogP contribution in [0.1, 0.15) is 20.8 Å². The van der Waals surface area contributed by atoms with Crippen molar-refractivity contribution in [3.05, 3.63) is 0 Å². The van der Waals surface area contributed by atoms with Crippen LogP contribution in [0.15, 0.2) is 0 Å². The van der Waals surface area contributed by atoms with Crippen LogP contribution in [-0.4, -0.2) is 66.4 Å². The van der Waals surface area contributed by atoms with Gasteiger partial charge in [-0.05, 0) is 26.4 Å². The molecular formula is C12H25N3O4. The minimum Gasteiger partial charge on any atom is -0.479 e. The van der Waals surface area contributed by atoms with Crippen LogP contribution in [0.5, 0.6) is 0 Å². The number of hydrogen-bond acceptors (Lipinski definition) is 4. The number of carboxylic acids is 1. The molecule has 0 aromatic heterocycles. The number of aliphatic carboxylic acids is 1. The van der Waals surface area contributed by atoms with Crippen LogP contribution in [-0.2, 0) is 4.79 Å². The van der Waals surface area contributed by atoms with Crippen molar-refractivity contribution < 1.29 is 19.8 Å². The Morgan fingerprint density at radius 2 is 1.58 bits per heavy atom. The fourth-order valence-corrected chi connectivity index (χ4v) is 1.62. The first-order valence-corrected chi connectivity index (χ1v) is 6.08. The van der Waals surface area contributed by atoms with Crippen molar-refractivity contribution >= 4 is 12.0 Å². The maximum atomic E-state index is 11.5. The average molecular weight is 275 g/mol. The monoisotopic (exact) mass is 275 g/mol. The maximum Gasteiger partial charge on any atom is 0.337 e. The number of rotatable bonds is 7. The van der Waals surface area contributed by atoms with Crippen molar-refractivity contribution in [2.45, 2.75) is 26.4 Å². The second kappa shape index (κ2) is 6.72. The molecule has 0 fully saturated rings. The Bertz CT molecular complexity index is 327. The average Bonchev–Trinajstić information content (AvgIpc) is 2.21. The van der Waals surface area contributed by atoms with Gasteiger partial charge in [0.05, 0.1) is 6.54 Å². The molecule has 2 amide bonds. The third-order valence-electron chi connectivity index (χ3n) is 2.53. The van der Waals surface area contributed by atoms with Gasteiger partial charge in [-0.25, -0.2) is 9.59 Å². The van der Waals surface area contributed by atoms with E-state index in [4.69, 9.17) is 5.11 Å². The fourth-order valence-electron chi connectivity index (χ4n) is 1.62. The molecule has 0 saturated carbocycles. The van der Waals surface area contributed by atoms with Gasteiger partial charge in [-0.1, -0.05) is 13.8 Å². The zero-order chi connectivity index (χ0) is 15.3. The summed E-state index contributed by atoms with van der Waals surface area (Å²) in [5.41, 5.74) is -2.06. The number of hydrogen-bond donors (Lipinski definition) is 4. The zero-order valence-electron chi connectivity index (χ0n) is 12.3. The molecule has 7 heteroatoms. The molecule has 0 heterocycles. The smallest absolute Gasteiger partial charge is 0.337 e. The summed E-state index contributed by atoms with van der Waals surface area (Å²) in [5, 5.41) is 23.1. The molecule has 0 aliphatic carbocycles. The van der Waals surface area contributed by atoms with Gasteiger partial charge in [0, 0.05) is 13.1 Å². The van der Waals surface area contributed by atoms with Crippen molar-refractivity contribution in [1.29, 1.82) is 0 Å². The molecule has 19 heavy (non-hydrogen) atoms. The van der Waals surface area contributed by atoms with Crippen LogP contribution in [0.25, 0.3) is 0 Å². The van der Waals surface area contributed by atoms with Gasteiger partial charge in [0.2, 0.25) is 0 Å². The van der Waals surface area contributed by atoms with E-state index in [2.05, 4.69) is 10.6 Å². The van der Waals surface area contributed by atoms with Crippen molar-refractivity contribution in [2.75, 3.05) is 33.7 Å². The molecule has 0 rings (SSSR count). The number of carboxylic acid groups (broad SMARTS) is 1. The first kappa shape index (κ1) is 17.7. The van der Waals surface area contributed by atoms with Crippen molar-refractivity contribution in [1.82, 2.24) is 15.5 Å². The molecule has 0 bridgehead atoms. The fraction of sp³-hybridized carbons (Fsp3) is 0.833. The molecule has 1 atom stereocenters. The Kier molecular flexibility index (Phi) is 6.24. The third kappa shape index (κ3) is 7.63. The second-order valence-corrected chi connectivity index (χ2v) is 6.02. The molecular weight excluding hydrogens is 250 g/mol. The lowest BCUT2D eigenvalue weighted by atomic mass is 9.93. The summed E-state index contributed by atoms with van der Waals surface area (Å²) in [6.07, 6.45) is 0. The van der Waals surface area contributed by atoms with Crippen LogP contribution in [0.2, 0.25) is 0 Å². The summed E-state index contributed by atoms with van der Waals surface area (Å²) in [6.45, 7) is 6.07. The third-order valence-corrected chi connectivity index (χ3v) is 2.53. The van der Waals surface area contributed by atoms with Gasteiger partial charge in [-0.15, -0.1) is 0 Å². The van der Waals surface area contributed by atoms with Crippen LogP contribution < -0.4 is 10.6 Å². The highest BCUT2D eigenvalue weighted by molar-refractivity contribution is 5.79. The molecule has 7 nitrogen and oxygen atoms in total. The van der Waals surface area contributed by atoms with Gasteiger partial charge in [0.15, 0.2) is 5.60 Å². The molecule has 1 unspecified atom stereocenters. The van der Waals surface area contributed by atoms with E-state index in [1.807, 2.05) is 32.8 Å². The first-order valence-electron chi connectivity index (χ1n) is 6.08. The van der Waals surface area contributed by atoms with E-state index >= 15 is 0 Å². The summed E-state index contributed by atoms with van der Waals surface area (Å²) >= 11 is 0. The predicted molar refractivity (Wildman–Crippen MR) is 72.0 cm³/mol. The van der Waals surface area contributed by atoms with Gasteiger partial charge >= 0.3 is 12.0 Å². The topological polar surface area (TPSA) is 102 Å². The minimum atomic E-state index is -1.96. The molecule has 0 aliphatic rings. The lowest BCUT2D eigenvalue weighted by molar-refractivity contribution is -0.155. The van der Waals surface area contributed by atoms with E-state index in [0.29, 0.717) is 6.54 Å². The second-order valence-electron chi connectivity index (χ2n) is 6.02. The van der Waals surface area contributed by atoms with Crippen LogP contribution in [0.4, 0.5) is 4.79 Å². The van der Waals surface area contributed by atoms with Crippen LogP contribution in [0, 0.1) is 5.41 Å². The van der Waals surface area contributed by atoms with Crippen molar-refractivity contribution in [3.63, 3.8) is 0 Å². The van der Waals surface area contributed by atoms with E-state index < -0.39 is 17.6 Å². The largest absolute Gasteiger partial charge is 0.479 e. The van der Waals surface area contributed by atoms with E-state index in [1.165, 1.54) is 0 Å². The molecule has 0 spiro atoms. The molecule has 4 N–H and O–H groups in total. The van der Waals surface area contributed by atoms with Crippen LogP contribution in [0.3, 0.4) is 0 Å². The Hall–Kier alpha value is -1.34. The number of carbonyl (C=O) groups is 2. The standard InChI is InChI=1S/C12H25N3O4/c1-11(2,8-15(4)5)6-13-10(18)14-7-12(3,19)9(16)17/h19H,6-8H2,1-5H3,(H,16,17)(H2,13,14,18). The van der Waals surface area contributed by atoms with Crippen molar-refractivity contribution in [2.24, 2.45) is 5.41 Å². The minimum absolute atomic E-state index is 0.101. The summed E-state index contributed by atoms with van der Waals surface area (Å²) in [7, 11) is 3.90. The van der Waals surface area contributed by atoms with Gasteiger partial charge in [-0.2, -0.15) is 0 Å². The number of nitrogens with zero attached hydrogens (tertiary/aromatic N) is 1. The summed E-state index contributed by atoms with van der Waals surface area (Å²) in [6, 6.07) is -0.492. The van der Waals surface area contributed by atoms with Gasteiger partial charge in [0.25, 0.3) is 0 Å². The normalized spacial score (nSPS) is 14.9. The number of nitrogens with one attached hydrogen (secondary N) is 2. The highest BCUT2D eigenvalue weighted by Crippen LogP contribution is 2.13. The SMILES string of the molecule is CN(C)CC(C)(C)CNC(=O)NCC(C)(O)C(=O)O. The highest BCUT2D eigenvalue weighted by atomic mass is 16.4. The van der Waals surface area contributed by atoms with Gasteiger partial charge < -0.3 is 25.7 Å². The van der Waals surface area contributed by atoms with E-state index in [9.17, 15) is 14.7 Å². The van der Waals surface area contributed by atoms with Gasteiger partial charge in [-0.3, -0.25) is 0 Å². The quantitative estimate of drug-likeness (QED) is 0.511. The highest BCUT2D eigenvalue weighted by Gasteiger charge is 2.30. The molecule has 0 aromatic carbocycles. The maximum absolute atomic E-state index is 11.5. The Morgan fingerprint density at radius 1 is 1.11 bits per heavy atom. The van der Waals surface area contributed by atoms with E-state index in [1.54, 1.807) is 0 Å². The number of carbonyl (C=O) groups excluding carboxylic acids is 1. The summed E-state index contributed by atoms with van der Waals surface area (Å²) in [4.78, 5) is 24.2. The van der Waals surface area contributed by atoms with Crippen LogP contribution >= 0.6 is 0 Å². The molecule has 0 saturated heterocycles. The van der Waals surface area contributed by atoms with E-state index in [-0.39, 0.29) is 12.0 Å². The summed E-state index contributed by atoms with van der Waals surface area (Å²) < 4.78 is 0. The predicted octanol–water partition coefficient (Wildman–Crippen LogP) is -0.291. The lowest BCUT2D eigenvalue weighted by Gasteiger charge is -2.28. The van der Waals surface area contributed by atoms with E-state index in [0.717, 1.165) is 13.5 Å². The van der Waals surface area contributed by atoms with Crippen molar-refractivity contribution in [3.8, 4) is 0 Å². The number of urea groups is 1. The Labute approximate surface area is 114 Å². The number of amides is 2. The number of aliphatic hydroxyl groups is 1. The first-order chi connectivity index (χ1) is 8.46. The molecule has 112 valence electrons. The Morgan fingerprint density at radius 3 is 2.00 bits per heavy atom. The molecule has 0 aromatic rings. The lowest BCUT2D eigenvalue weighted by Crippen LogP contribution is -2.50. The zero-order valence-corrected chi connectivity index (χ0v) is 12.3. The molecule has 0 aliphatic heterocycles. The summed E-state index contributed by atoms with van der Waals surface area (Å²) in [5.74, 6) is -1.37. The molecule has 0 radical (unpaired) electrons.